The van der Waals surface area contributed by atoms with Crippen molar-refractivity contribution in [3.63, 3.8) is 0 Å². The predicted octanol–water partition coefficient (Wildman–Crippen LogP) is -2.21. The predicted molar refractivity (Wildman–Crippen MR) is 126 cm³/mol. The highest BCUT2D eigenvalue weighted by Gasteiger charge is 2.32. The fourth-order valence-corrected chi connectivity index (χ4v) is 3.33. The van der Waals surface area contributed by atoms with Gasteiger partial charge < -0.3 is 38.3 Å². The van der Waals surface area contributed by atoms with Crippen LogP contribution in [0.5, 0.6) is 0 Å². The highest BCUT2D eigenvalue weighted by molar-refractivity contribution is 7.98. The van der Waals surface area contributed by atoms with E-state index < -0.39 is 72.0 Å². The van der Waals surface area contributed by atoms with Crippen LogP contribution in [0.3, 0.4) is 0 Å². The molecule has 194 valence electrons. The third-order valence-electron chi connectivity index (χ3n) is 5.09. The maximum absolute atomic E-state index is 12.9. The van der Waals surface area contributed by atoms with Gasteiger partial charge in [0, 0.05) is 6.42 Å². The molecule has 10 N–H and O–H groups in total. The molecule has 0 aromatic carbocycles. The Morgan fingerprint density at radius 2 is 1.41 bits per heavy atom. The molecule has 5 unspecified atom stereocenters. The van der Waals surface area contributed by atoms with Crippen molar-refractivity contribution in [3.05, 3.63) is 0 Å². The van der Waals surface area contributed by atoms with Crippen molar-refractivity contribution in [2.45, 2.75) is 70.1 Å². The van der Waals surface area contributed by atoms with Crippen LogP contribution in [0.15, 0.2) is 0 Å². The molecule has 5 amide bonds. The summed E-state index contributed by atoms with van der Waals surface area (Å²) in [5, 5.41) is 16.7. The number of nitrogens with one attached hydrogen (secondary N) is 3. The van der Waals surface area contributed by atoms with Crippen LogP contribution in [0, 0.1) is 5.92 Å². The molecule has 0 rings (SSSR count). The van der Waals surface area contributed by atoms with Crippen molar-refractivity contribution in [2.75, 3.05) is 12.0 Å². The molecule has 13 nitrogen and oxygen atoms in total. The molecule has 0 aromatic heterocycles. The second-order valence-electron chi connectivity index (χ2n) is 7.90. The Morgan fingerprint density at radius 1 is 0.882 bits per heavy atom. The molecule has 0 radical (unpaired) electrons. The fraction of sp³-hybridized carbons (Fsp3) is 0.700. The van der Waals surface area contributed by atoms with Crippen molar-refractivity contribution < 1.29 is 33.9 Å². The lowest BCUT2D eigenvalue weighted by molar-refractivity contribution is -0.144. The van der Waals surface area contributed by atoms with Crippen LogP contribution in [0.25, 0.3) is 0 Å². The molecule has 0 saturated carbocycles. The maximum atomic E-state index is 12.9. The Kier molecular flexibility index (Phi) is 14.5. The van der Waals surface area contributed by atoms with Crippen LogP contribution in [0.2, 0.25) is 0 Å². The van der Waals surface area contributed by atoms with Crippen LogP contribution in [-0.2, 0) is 28.8 Å². The molecular formula is C20H36N6O7S. The lowest BCUT2D eigenvalue weighted by Gasteiger charge is -2.26. The van der Waals surface area contributed by atoms with E-state index in [2.05, 4.69) is 16.0 Å². The van der Waals surface area contributed by atoms with Crippen LogP contribution in [-0.4, -0.2) is 76.8 Å². The first-order valence-corrected chi connectivity index (χ1v) is 12.2. The summed E-state index contributed by atoms with van der Waals surface area (Å²) in [4.78, 5) is 71.8. The number of carboxylic acids is 1. The van der Waals surface area contributed by atoms with Gasteiger partial charge in [-0.05, 0) is 30.8 Å². The monoisotopic (exact) mass is 504 g/mol. The van der Waals surface area contributed by atoms with Gasteiger partial charge in [-0.2, -0.15) is 11.8 Å². The van der Waals surface area contributed by atoms with E-state index in [0.29, 0.717) is 12.2 Å². The number of amides is 5. The standard InChI is InChI=1S/C20H36N6O7S/c1-4-10(2)16(20(32)33)26-19(31)12(5-6-14(22)27)25-18(30)13(7-8-34-3)24-17(29)11(21)9-15(23)28/h10-13,16H,4-9,21H2,1-3H3,(H2,22,27)(H2,23,28)(H,24,29)(H,25,30)(H,26,31)(H,32,33). The number of primary amides is 2. The Balaban J connectivity index is 5.59. The summed E-state index contributed by atoms with van der Waals surface area (Å²) < 4.78 is 0. The zero-order valence-corrected chi connectivity index (χ0v) is 20.5. The summed E-state index contributed by atoms with van der Waals surface area (Å²) in [6.07, 6.45) is 1.60. The summed E-state index contributed by atoms with van der Waals surface area (Å²) in [6, 6.07) is -4.85. The second kappa shape index (κ2) is 15.9. The number of nitrogens with two attached hydrogens (primary N) is 3. The lowest BCUT2D eigenvalue weighted by atomic mass is 9.98. The first-order valence-electron chi connectivity index (χ1n) is 10.8. The molecule has 0 aliphatic carbocycles. The maximum Gasteiger partial charge on any atom is 0.326 e. The van der Waals surface area contributed by atoms with E-state index in [4.69, 9.17) is 17.2 Å². The lowest BCUT2D eigenvalue weighted by Crippen LogP contribution is -2.58. The van der Waals surface area contributed by atoms with Crippen molar-refractivity contribution in [2.24, 2.45) is 23.1 Å². The molecule has 0 aliphatic rings. The van der Waals surface area contributed by atoms with Gasteiger partial charge in [-0.25, -0.2) is 4.79 Å². The molecule has 0 fully saturated rings. The summed E-state index contributed by atoms with van der Waals surface area (Å²) in [5.74, 6) is -4.99. The largest absolute Gasteiger partial charge is 0.480 e. The average molecular weight is 505 g/mol. The summed E-state index contributed by atoms with van der Waals surface area (Å²) in [5.41, 5.74) is 15.8. The van der Waals surface area contributed by atoms with E-state index in [9.17, 15) is 33.9 Å². The van der Waals surface area contributed by atoms with Crippen LogP contribution in [0.4, 0.5) is 0 Å². The van der Waals surface area contributed by atoms with Crippen LogP contribution >= 0.6 is 11.8 Å². The number of carbonyl (C=O) groups excluding carboxylic acids is 5. The van der Waals surface area contributed by atoms with E-state index >= 15 is 0 Å². The van der Waals surface area contributed by atoms with E-state index in [1.54, 1.807) is 20.1 Å². The van der Waals surface area contributed by atoms with Gasteiger partial charge in [0.1, 0.15) is 18.1 Å². The van der Waals surface area contributed by atoms with Gasteiger partial charge in [0.2, 0.25) is 29.5 Å². The molecule has 0 aliphatic heterocycles. The summed E-state index contributed by atoms with van der Waals surface area (Å²) in [7, 11) is 0. The van der Waals surface area contributed by atoms with E-state index in [1.165, 1.54) is 11.8 Å². The molecule has 0 heterocycles. The van der Waals surface area contributed by atoms with Gasteiger partial charge in [0.15, 0.2) is 0 Å². The third kappa shape index (κ3) is 11.8. The van der Waals surface area contributed by atoms with Gasteiger partial charge in [-0.15, -0.1) is 0 Å². The number of hydrogen-bond acceptors (Lipinski definition) is 8. The van der Waals surface area contributed by atoms with Gasteiger partial charge in [0.25, 0.3) is 0 Å². The van der Waals surface area contributed by atoms with E-state index in [0.717, 1.165) is 0 Å². The zero-order chi connectivity index (χ0) is 26.4. The number of carbonyl (C=O) groups is 6. The molecule has 0 spiro atoms. The van der Waals surface area contributed by atoms with Crippen molar-refractivity contribution in [1.82, 2.24) is 16.0 Å². The first kappa shape index (κ1) is 31.1. The molecule has 0 saturated heterocycles. The van der Waals surface area contributed by atoms with E-state index in [1.807, 2.05) is 0 Å². The highest BCUT2D eigenvalue weighted by atomic mass is 32.2. The van der Waals surface area contributed by atoms with Crippen molar-refractivity contribution in [1.29, 1.82) is 0 Å². The van der Waals surface area contributed by atoms with Gasteiger partial charge in [-0.1, -0.05) is 20.3 Å². The van der Waals surface area contributed by atoms with Gasteiger partial charge >= 0.3 is 5.97 Å². The second-order valence-corrected chi connectivity index (χ2v) is 8.88. The first-order chi connectivity index (χ1) is 15.8. The molecule has 0 aromatic rings. The number of aliphatic carboxylic acids is 1. The molecule has 34 heavy (non-hydrogen) atoms. The zero-order valence-electron chi connectivity index (χ0n) is 19.7. The Labute approximate surface area is 202 Å². The highest BCUT2D eigenvalue weighted by Crippen LogP contribution is 2.10. The van der Waals surface area contributed by atoms with E-state index in [-0.39, 0.29) is 19.3 Å². The number of thioether (sulfide) groups is 1. The number of hydrogen-bond donors (Lipinski definition) is 7. The molecule has 5 atom stereocenters. The SMILES string of the molecule is CCC(C)C(NC(=O)C(CCC(N)=O)NC(=O)C(CCSC)NC(=O)C(N)CC(N)=O)C(=O)O. The van der Waals surface area contributed by atoms with Crippen molar-refractivity contribution in [3.8, 4) is 0 Å². The smallest absolute Gasteiger partial charge is 0.326 e. The molecular weight excluding hydrogens is 468 g/mol. The van der Waals surface area contributed by atoms with Crippen molar-refractivity contribution >= 4 is 47.3 Å². The summed E-state index contributed by atoms with van der Waals surface area (Å²) >= 11 is 1.41. The minimum atomic E-state index is -1.28. The topological polar surface area (TPSA) is 237 Å². The molecule has 14 heteroatoms. The minimum absolute atomic E-state index is 0.176. The Morgan fingerprint density at radius 3 is 1.88 bits per heavy atom. The van der Waals surface area contributed by atoms with Crippen LogP contribution in [0.1, 0.15) is 46.0 Å². The Bertz CT molecular complexity index is 751. The molecule has 0 bridgehead atoms. The minimum Gasteiger partial charge on any atom is -0.480 e. The third-order valence-corrected chi connectivity index (χ3v) is 5.73. The average Bonchev–Trinajstić information content (AvgIpc) is 2.75. The van der Waals surface area contributed by atoms with Gasteiger partial charge in [-0.3, -0.25) is 24.0 Å². The number of carboxylic acid groups (broad SMARTS) is 1. The number of rotatable bonds is 17. The summed E-state index contributed by atoms with van der Waals surface area (Å²) in [6.45, 7) is 3.42. The quantitative estimate of drug-likeness (QED) is 0.113. The fourth-order valence-electron chi connectivity index (χ4n) is 2.86. The van der Waals surface area contributed by atoms with Crippen LogP contribution < -0.4 is 33.2 Å². The van der Waals surface area contributed by atoms with Gasteiger partial charge in [0.05, 0.1) is 12.5 Å². The Hall–Kier alpha value is -2.87. The normalized spacial score (nSPS) is 15.2.